The van der Waals surface area contributed by atoms with Crippen LogP contribution in [0, 0.1) is 6.92 Å². The number of benzene rings is 2. The van der Waals surface area contributed by atoms with E-state index >= 15 is 0 Å². The van der Waals surface area contributed by atoms with Crippen LogP contribution < -0.4 is 5.43 Å². The molecule has 2 aliphatic rings. The Balaban J connectivity index is 1.84. The van der Waals surface area contributed by atoms with Crippen LogP contribution in [-0.2, 0) is 10.3 Å². The fourth-order valence-electron chi connectivity index (χ4n) is 4.24. The van der Waals surface area contributed by atoms with Crippen molar-refractivity contribution in [2.75, 3.05) is 0 Å². The van der Waals surface area contributed by atoms with Crippen molar-refractivity contribution in [3.8, 4) is 5.75 Å². The van der Waals surface area contributed by atoms with Gasteiger partial charge in [-0.2, -0.15) is 0 Å². The van der Waals surface area contributed by atoms with Gasteiger partial charge in [-0.05, 0) is 38.5 Å². The summed E-state index contributed by atoms with van der Waals surface area (Å²) in [6, 6.07) is 7.30. The highest BCUT2D eigenvalue weighted by atomic mass is 16.6. The number of aromatic hydroxyl groups is 1. The molecule has 1 saturated heterocycles. The molecule has 3 aromatic rings. The van der Waals surface area contributed by atoms with Crippen molar-refractivity contribution in [2.24, 2.45) is 0 Å². The minimum Gasteiger partial charge on any atom is -0.507 e. The molecule has 1 fully saturated rings. The summed E-state index contributed by atoms with van der Waals surface area (Å²) in [6.07, 6.45) is 3.47. The Hall–Kier alpha value is -3.51. The van der Waals surface area contributed by atoms with Gasteiger partial charge in [-0.1, -0.05) is 24.3 Å². The van der Waals surface area contributed by atoms with Crippen LogP contribution >= 0.6 is 0 Å². The van der Waals surface area contributed by atoms with Crippen molar-refractivity contribution < 1.29 is 23.8 Å². The first-order valence-corrected chi connectivity index (χ1v) is 9.62. The lowest BCUT2D eigenvalue weighted by atomic mass is 9.81. The molecule has 1 N–H and O–H groups in total. The smallest absolute Gasteiger partial charge is 0.202 e. The number of epoxide rings is 1. The average molecular weight is 402 g/mol. The quantitative estimate of drug-likeness (QED) is 0.405. The van der Waals surface area contributed by atoms with E-state index in [2.05, 4.69) is 0 Å². The molecule has 6 heteroatoms. The third-order valence-corrected chi connectivity index (χ3v) is 5.90. The van der Waals surface area contributed by atoms with Gasteiger partial charge in [-0.3, -0.25) is 14.4 Å². The summed E-state index contributed by atoms with van der Waals surface area (Å²) < 4.78 is 11.8. The monoisotopic (exact) mass is 402 g/mol. The van der Waals surface area contributed by atoms with Crippen LogP contribution in [0.1, 0.15) is 57.0 Å². The normalized spacial score (nSPS) is 22.4. The van der Waals surface area contributed by atoms with Crippen LogP contribution in [0.4, 0.5) is 0 Å². The van der Waals surface area contributed by atoms with E-state index in [4.69, 9.17) is 9.15 Å². The molecule has 150 valence electrons. The molecule has 0 saturated carbocycles. The number of hydrogen-bond acceptors (Lipinski definition) is 6. The number of carbonyl (C=O) groups excluding carboxylic acids is 2. The van der Waals surface area contributed by atoms with E-state index in [0.29, 0.717) is 11.3 Å². The fourth-order valence-corrected chi connectivity index (χ4v) is 4.24. The SMILES string of the molecule is C/C=C\C1OC1(C)c1cc(=O)c2c(C)cc3c(c2o1)C(=O)c1c(O)cccc1C3=O. The second-order valence-corrected chi connectivity index (χ2v) is 7.82. The highest BCUT2D eigenvalue weighted by molar-refractivity contribution is 6.32. The second kappa shape index (κ2) is 6.00. The van der Waals surface area contributed by atoms with Gasteiger partial charge >= 0.3 is 0 Å². The topological polar surface area (TPSA) is 97.1 Å². The molecule has 0 radical (unpaired) electrons. The molecule has 6 nitrogen and oxygen atoms in total. The van der Waals surface area contributed by atoms with Crippen LogP contribution in [0.25, 0.3) is 11.0 Å². The van der Waals surface area contributed by atoms with Crippen molar-refractivity contribution >= 4 is 22.5 Å². The van der Waals surface area contributed by atoms with Crippen LogP contribution in [0.3, 0.4) is 0 Å². The maximum Gasteiger partial charge on any atom is 0.202 e. The van der Waals surface area contributed by atoms with Gasteiger partial charge in [0, 0.05) is 17.2 Å². The lowest BCUT2D eigenvalue weighted by Gasteiger charge is -2.20. The van der Waals surface area contributed by atoms with Gasteiger partial charge in [-0.25, -0.2) is 0 Å². The molecule has 1 aliphatic heterocycles. The molecule has 0 amide bonds. The summed E-state index contributed by atoms with van der Waals surface area (Å²) in [7, 11) is 0. The summed E-state index contributed by atoms with van der Waals surface area (Å²) in [5, 5.41) is 10.5. The van der Waals surface area contributed by atoms with Gasteiger partial charge in [0.15, 0.2) is 16.8 Å². The zero-order valence-corrected chi connectivity index (χ0v) is 16.6. The van der Waals surface area contributed by atoms with E-state index < -0.39 is 17.2 Å². The summed E-state index contributed by atoms with van der Waals surface area (Å²) >= 11 is 0. The maximum atomic E-state index is 13.3. The van der Waals surface area contributed by atoms with E-state index in [-0.39, 0.29) is 50.5 Å². The Bertz CT molecular complexity index is 1380. The van der Waals surface area contributed by atoms with E-state index in [1.165, 1.54) is 24.3 Å². The Kier molecular flexibility index (Phi) is 3.70. The van der Waals surface area contributed by atoms with E-state index in [0.717, 1.165) is 0 Å². The Morgan fingerprint density at radius 1 is 1.07 bits per heavy atom. The summed E-state index contributed by atoms with van der Waals surface area (Å²) in [4.78, 5) is 39.4. The highest BCUT2D eigenvalue weighted by Gasteiger charge is 2.54. The van der Waals surface area contributed by atoms with Crippen LogP contribution in [0.2, 0.25) is 0 Å². The number of rotatable bonds is 2. The average Bonchev–Trinajstić information content (AvgIpc) is 3.36. The summed E-state index contributed by atoms with van der Waals surface area (Å²) in [5.74, 6) is -0.933. The molecule has 30 heavy (non-hydrogen) atoms. The molecule has 2 aromatic carbocycles. The Labute approximate surface area is 171 Å². The van der Waals surface area contributed by atoms with Gasteiger partial charge in [0.2, 0.25) is 5.78 Å². The van der Waals surface area contributed by atoms with E-state index in [1.807, 2.05) is 19.1 Å². The van der Waals surface area contributed by atoms with Gasteiger partial charge in [0.1, 0.15) is 23.2 Å². The standard InChI is InChI=1S/C24H18O6/c1-4-6-16-24(3,30-16)17-10-15(26)18-11(2)9-13-20(23(18)29-17)22(28)19-12(21(13)27)7-5-8-14(19)25/h4-10,16,25H,1-3H3/b6-4-. The third kappa shape index (κ3) is 2.31. The largest absolute Gasteiger partial charge is 0.507 e. The van der Waals surface area contributed by atoms with Crippen LogP contribution in [-0.4, -0.2) is 22.8 Å². The number of ether oxygens (including phenoxy) is 1. The van der Waals surface area contributed by atoms with Gasteiger partial charge < -0.3 is 14.3 Å². The van der Waals surface area contributed by atoms with Crippen molar-refractivity contribution in [1.82, 2.24) is 0 Å². The summed E-state index contributed by atoms with van der Waals surface area (Å²) in [6.45, 7) is 5.37. The number of phenolic OH excluding ortho intramolecular Hbond substituents is 1. The number of hydrogen-bond donors (Lipinski definition) is 1. The van der Waals surface area contributed by atoms with Crippen molar-refractivity contribution in [3.05, 3.63) is 86.3 Å². The zero-order chi connectivity index (χ0) is 21.4. The zero-order valence-electron chi connectivity index (χ0n) is 16.6. The molecule has 5 rings (SSSR count). The van der Waals surface area contributed by atoms with Crippen LogP contribution in [0.15, 0.2) is 51.7 Å². The Morgan fingerprint density at radius 3 is 2.57 bits per heavy atom. The molecular formula is C24H18O6. The van der Waals surface area contributed by atoms with Crippen molar-refractivity contribution in [3.63, 3.8) is 0 Å². The molecule has 2 atom stereocenters. The van der Waals surface area contributed by atoms with Crippen LogP contribution in [0.5, 0.6) is 5.75 Å². The van der Waals surface area contributed by atoms with Gasteiger partial charge in [0.25, 0.3) is 0 Å². The number of carbonyl (C=O) groups is 2. The first-order chi connectivity index (χ1) is 14.3. The van der Waals surface area contributed by atoms with E-state index in [9.17, 15) is 19.5 Å². The molecule has 2 heterocycles. The third-order valence-electron chi connectivity index (χ3n) is 5.90. The van der Waals surface area contributed by atoms with Crippen molar-refractivity contribution in [1.29, 1.82) is 0 Å². The second-order valence-electron chi connectivity index (χ2n) is 7.82. The minimum atomic E-state index is -0.821. The first-order valence-electron chi connectivity index (χ1n) is 9.62. The molecule has 0 spiro atoms. The molecule has 2 unspecified atom stereocenters. The minimum absolute atomic E-state index is 0.000355. The summed E-state index contributed by atoms with van der Waals surface area (Å²) in [5.41, 5.74) is -0.319. The number of ketones is 2. The van der Waals surface area contributed by atoms with E-state index in [1.54, 1.807) is 19.9 Å². The lowest BCUT2D eigenvalue weighted by molar-refractivity contribution is 0.0977. The molecule has 1 aliphatic carbocycles. The molecular weight excluding hydrogens is 384 g/mol. The predicted octanol–water partition coefficient (Wildman–Crippen LogP) is 3.77. The maximum absolute atomic E-state index is 13.3. The Morgan fingerprint density at radius 2 is 1.83 bits per heavy atom. The number of allylic oxidation sites excluding steroid dienone is 1. The predicted molar refractivity (Wildman–Crippen MR) is 109 cm³/mol. The van der Waals surface area contributed by atoms with Gasteiger partial charge in [0.05, 0.1) is 16.5 Å². The fraction of sp³-hybridized carbons (Fsp3) is 0.208. The molecule has 1 aromatic heterocycles. The highest BCUT2D eigenvalue weighted by Crippen LogP contribution is 2.47. The van der Waals surface area contributed by atoms with Gasteiger partial charge in [-0.15, -0.1) is 0 Å². The van der Waals surface area contributed by atoms with Crippen molar-refractivity contribution in [2.45, 2.75) is 32.5 Å². The lowest BCUT2D eigenvalue weighted by Crippen LogP contribution is -2.23. The first kappa shape index (κ1) is 18.5. The number of fused-ring (bicyclic) bond motifs is 4. The molecule has 0 bridgehead atoms. The number of aryl methyl sites for hydroxylation is 1. The number of phenols is 1.